The third-order valence-corrected chi connectivity index (χ3v) is 4.54. The van der Waals surface area contributed by atoms with Gasteiger partial charge >= 0.3 is 0 Å². The minimum absolute atomic E-state index is 0.433. The zero-order valence-corrected chi connectivity index (χ0v) is 13.5. The molecule has 1 aromatic carbocycles. The molecule has 2 aromatic rings. The zero-order valence-electron chi connectivity index (χ0n) is 10.3. The molecule has 104 valence electrons. The first-order valence-corrected chi connectivity index (χ1v) is 9.19. The maximum atomic E-state index is 10.9. The summed E-state index contributed by atoms with van der Waals surface area (Å²) in [5.41, 5.74) is 0.963. The van der Waals surface area contributed by atoms with E-state index in [1.807, 2.05) is 18.2 Å². The summed E-state index contributed by atoms with van der Waals surface area (Å²) in [5.74, 6) is 0. The molecule has 0 bridgehead atoms. The van der Waals surface area contributed by atoms with Gasteiger partial charge in [-0.2, -0.15) is 0 Å². The molecule has 19 heavy (non-hydrogen) atoms. The van der Waals surface area contributed by atoms with Crippen molar-refractivity contribution in [2.75, 3.05) is 24.7 Å². The van der Waals surface area contributed by atoms with Crippen LogP contribution in [-0.4, -0.2) is 32.7 Å². The molecule has 1 heterocycles. The maximum Gasteiger partial charge on any atom is 0.208 e. The van der Waals surface area contributed by atoms with Gasteiger partial charge in [0.05, 0.1) is 16.5 Å². The Morgan fingerprint density at radius 3 is 2.89 bits per heavy atom. The molecule has 5 nitrogen and oxygen atoms in total. The highest BCUT2D eigenvalue weighted by Gasteiger charge is 2.04. The van der Waals surface area contributed by atoms with Crippen LogP contribution < -0.4 is 10.0 Å². The van der Waals surface area contributed by atoms with Crippen molar-refractivity contribution >= 4 is 52.6 Å². The molecule has 0 spiro atoms. The van der Waals surface area contributed by atoms with Crippen LogP contribution in [0.25, 0.3) is 10.2 Å². The zero-order chi connectivity index (χ0) is 13.9. The first-order chi connectivity index (χ1) is 8.94. The minimum Gasteiger partial charge on any atom is -0.361 e. The van der Waals surface area contributed by atoms with Crippen LogP contribution in [0.2, 0.25) is 0 Å². The standard InChI is InChI=1S/C11H14BrN3O2S2/c1-19(16,17)14-6-2-5-13-11-15-9-4-3-8(12)7-10(9)18-11/h3-4,7,14H,2,5-6H2,1H3,(H,13,15). The predicted octanol–water partition coefficient (Wildman–Crippen LogP) is 2.41. The van der Waals surface area contributed by atoms with Crippen LogP contribution in [0.4, 0.5) is 5.13 Å². The minimum atomic E-state index is -3.09. The summed E-state index contributed by atoms with van der Waals surface area (Å²) in [6, 6.07) is 5.96. The van der Waals surface area contributed by atoms with Crippen molar-refractivity contribution in [1.82, 2.24) is 9.71 Å². The molecule has 2 rings (SSSR count). The van der Waals surface area contributed by atoms with E-state index < -0.39 is 10.0 Å². The van der Waals surface area contributed by atoms with Crippen molar-refractivity contribution in [3.8, 4) is 0 Å². The lowest BCUT2D eigenvalue weighted by Gasteiger charge is -2.03. The summed E-state index contributed by atoms with van der Waals surface area (Å²) < 4.78 is 26.3. The molecule has 0 aliphatic heterocycles. The van der Waals surface area contributed by atoms with Gasteiger partial charge in [-0.1, -0.05) is 27.3 Å². The normalized spacial score (nSPS) is 11.9. The number of fused-ring (bicyclic) bond motifs is 1. The first kappa shape index (κ1) is 14.7. The number of hydrogen-bond donors (Lipinski definition) is 2. The van der Waals surface area contributed by atoms with E-state index in [4.69, 9.17) is 0 Å². The number of anilines is 1. The number of aromatic nitrogens is 1. The first-order valence-electron chi connectivity index (χ1n) is 5.69. The van der Waals surface area contributed by atoms with Gasteiger partial charge in [0.25, 0.3) is 0 Å². The molecular weight excluding hydrogens is 350 g/mol. The predicted molar refractivity (Wildman–Crippen MR) is 83.3 cm³/mol. The Hall–Kier alpha value is -0.700. The molecule has 0 aliphatic rings. The van der Waals surface area contributed by atoms with Crippen LogP contribution in [0.5, 0.6) is 0 Å². The van der Waals surface area contributed by atoms with Crippen molar-refractivity contribution in [2.24, 2.45) is 0 Å². The molecule has 2 N–H and O–H groups in total. The largest absolute Gasteiger partial charge is 0.361 e. The van der Waals surface area contributed by atoms with Gasteiger partial charge in [-0.3, -0.25) is 0 Å². The quantitative estimate of drug-likeness (QED) is 0.773. The Morgan fingerprint density at radius 1 is 1.37 bits per heavy atom. The van der Waals surface area contributed by atoms with Crippen LogP contribution in [0.15, 0.2) is 22.7 Å². The van der Waals surface area contributed by atoms with E-state index in [-0.39, 0.29) is 0 Å². The van der Waals surface area contributed by atoms with E-state index in [0.29, 0.717) is 19.5 Å². The summed E-state index contributed by atoms with van der Waals surface area (Å²) in [6.45, 7) is 1.12. The second-order valence-electron chi connectivity index (χ2n) is 4.08. The maximum absolute atomic E-state index is 10.9. The van der Waals surface area contributed by atoms with Gasteiger partial charge in [0.1, 0.15) is 0 Å². The number of benzene rings is 1. The molecule has 0 unspecified atom stereocenters. The highest BCUT2D eigenvalue weighted by molar-refractivity contribution is 9.10. The molecule has 0 atom stereocenters. The number of rotatable bonds is 6. The van der Waals surface area contributed by atoms with Crippen molar-refractivity contribution in [1.29, 1.82) is 0 Å². The average Bonchev–Trinajstić information content (AvgIpc) is 2.68. The fourth-order valence-electron chi connectivity index (χ4n) is 1.52. The summed E-state index contributed by atoms with van der Waals surface area (Å²) in [6.07, 6.45) is 1.87. The van der Waals surface area contributed by atoms with Crippen molar-refractivity contribution in [3.63, 3.8) is 0 Å². The molecule has 8 heteroatoms. The molecule has 0 amide bonds. The van der Waals surface area contributed by atoms with Crippen LogP contribution in [-0.2, 0) is 10.0 Å². The number of nitrogens with one attached hydrogen (secondary N) is 2. The summed E-state index contributed by atoms with van der Waals surface area (Å²) >= 11 is 5.01. The van der Waals surface area contributed by atoms with E-state index in [0.717, 1.165) is 26.1 Å². The topological polar surface area (TPSA) is 71.1 Å². The van der Waals surface area contributed by atoms with E-state index in [1.54, 1.807) is 11.3 Å². The smallest absolute Gasteiger partial charge is 0.208 e. The summed E-state index contributed by atoms with van der Waals surface area (Å²) in [5, 5.41) is 4.05. The Labute approximate surface area is 124 Å². The van der Waals surface area contributed by atoms with Gasteiger partial charge in [0.2, 0.25) is 10.0 Å². The van der Waals surface area contributed by atoms with E-state index in [9.17, 15) is 8.42 Å². The Morgan fingerprint density at radius 2 is 2.16 bits per heavy atom. The van der Waals surface area contributed by atoms with Crippen LogP contribution in [0.1, 0.15) is 6.42 Å². The molecule has 0 saturated heterocycles. The van der Waals surface area contributed by atoms with Gasteiger partial charge in [-0.15, -0.1) is 0 Å². The third-order valence-electron chi connectivity index (χ3n) is 2.34. The Kier molecular flexibility index (Phi) is 4.77. The van der Waals surface area contributed by atoms with Gasteiger partial charge in [-0.05, 0) is 24.6 Å². The van der Waals surface area contributed by atoms with E-state index in [2.05, 4.69) is 31.0 Å². The Bertz CT molecular complexity index is 670. The van der Waals surface area contributed by atoms with Crippen LogP contribution in [0.3, 0.4) is 0 Å². The summed E-state index contributed by atoms with van der Waals surface area (Å²) in [4.78, 5) is 4.45. The molecule has 0 radical (unpaired) electrons. The molecule has 0 aliphatic carbocycles. The third kappa shape index (κ3) is 4.72. The van der Waals surface area contributed by atoms with E-state index >= 15 is 0 Å². The second-order valence-corrected chi connectivity index (χ2v) is 7.86. The molecule has 0 fully saturated rings. The number of halogens is 1. The van der Waals surface area contributed by atoms with Gasteiger partial charge in [-0.25, -0.2) is 18.1 Å². The van der Waals surface area contributed by atoms with Gasteiger partial charge in [0, 0.05) is 17.6 Å². The number of sulfonamides is 1. The SMILES string of the molecule is CS(=O)(=O)NCCCNc1nc2ccc(Br)cc2s1. The summed E-state index contributed by atoms with van der Waals surface area (Å²) in [7, 11) is -3.09. The number of thiazole rings is 1. The lowest BCUT2D eigenvalue weighted by Crippen LogP contribution is -2.24. The molecular formula is C11H14BrN3O2S2. The van der Waals surface area contributed by atoms with Crippen LogP contribution >= 0.6 is 27.3 Å². The molecule has 1 aromatic heterocycles. The Balaban J connectivity index is 1.85. The fourth-order valence-corrected chi connectivity index (χ4v) is 3.47. The highest BCUT2D eigenvalue weighted by Crippen LogP contribution is 2.28. The lowest BCUT2D eigenvalue weighted by atomic mass is 10.3. The molecule has 0 saturated carbocycles. The second kappa shape index (κ2) is 6.17. The monoisotopic (exact) mass is 363 g/mol. The van der Waals surface area contributed by atoms with Crippen molar-refractivity contribution in [3.05, 3.63) is 22.7 Å². The average molecular weight is 364 g/mol. The van der Waals surface area contributed by atoms with Crippen molar-refractivity contribution < 1.29 is 8.42 Å². The van der Waals surface area contributed by atoms with Crippen molar-refractivity contribution in [2.45, 2.75) is 6.42 Å². The van der Waals surface area contributed by atoms with Gasteiger partial charge in [0.15, 0.2) is 5.13 Å². The lowest BCUT2D eigenvalue weighted by molar-refractivity contribution is 0.586. The van der Waals surface area contributed by atoms with Gasteiger partial charge < -0.3 is 5.32 Å². The number of nitrogens with zero attached hydrogens (tertiary/aromatic N) is 1. The highest BCUT2D eigenvalue weighted by atomic mass is 79.9. The number of hydrogen-bond acceptors (Lipinski definition) is 5. The fraction of sp³-hybridized carbons (Fsp3) is 0.364. The van der Waals surface area contributed by atoms with E-state index in [1.165, 1.54) is 0 Å². The van der Waals surface area contributed by atoms with Crippen LogP contribution in [0, 0.1) is 0 Å².